The Kier molecular flexibility index (Phi) is 9.30. The minimum Gasteiger partial charge on any atom is -0.452 e. The summed E-state index contributed by atoms with van der Waals surface area (Å²) in [7, 11) is 1.54. The first-order valence-electron chi connectivity index (χ1n) is 9.11. The quantitative estimate of drug-likeness (QED) is 0.339. The average molecular weight is 434 g/mol. The SMILES string of the molecule is COCCNC(=O)CSc1ccccc1C(=O)OCC(=O)Nc1ccc(C)cc1F. The highest BCUT2D eigenvalue weighted by Gasteiger charge is 2.16. The van der Waals surface area contributed by atoms with Crippen LogP contribution in [0.25, 0.3) is 0 Å². The smallest absolute Gasteiger partial charge is 0.339 e. The van der Waals surface area contributed by atoms with Crippen molar-refractivity contribution in [1.82, 2.24) is 5.32 Å². The number of benzene rings is 2. The molecule has 0 aliphatic carbocycles. The standard InChI is InChI=1S/C21H23FN2O5S/c1-14-7-8-17(16(22)11-14)24-19(25)12-29-21(27)15-5-3-4-6-18(15)30-13-20(26)23-9-10-28-2/h3-8,11H,9-10,12-13H2,1-2H3,(H,23,26)(H,24,25). The minimum atomic E-state index is -0.711. The monoisotopic (exact) mass is 434 g/mol. The van der Waals surface area contributed by atoms with Gasteiger partial charge in [-0.05, 0) is 36.8 Å². The maximum Gasteiger partial charge on any atom is 0.339 e. The highest BCUT2D eigenvalue weighted by atomic mass is 32.2. The molecule has 9 heteroatoms. The maximum atomic E-state index is 13.8. The number of carbonyl (C=O) groups is 3. The summed E-state index contributed by atoms with van der Waals surface area (Å²) in [6, 6.07) is 11.0. The molecule has 0 aliphatic rings. The van der Waals surface area contributed by atoms with Crippen LogP contribution in [0.3, 0.4) is 0 Å². The normalized spacial score (nSPS) is 10.4. The van der Waals surface area contributed by atoms with Gasteiger partial charge in [0.25, 0.3) is 5.91 Å². The topological polar surface area (TPSA) is 93.7 Å². The van der Waals surface area contributed by atoms with Crippen molar-refractivity contribution in [2.75, 3.05) is 37.9 Å². The lowest BCUT2D eigenvalue weighted by Gasteiger charge is -2.10. The Labute approximate surface area is 178 Å². The summed E-state index contributed by atoms with van der Waals surface area (Å²) in [5, 5.41) is 5.05. The van der Waals surface area contributed by atoms with Gasteiger partial charge in [-0.15, -0.1) is 11.8 Å². The van der Waals surface area contributed by atoms with E-state index in [0.29, 0.717) is 18.0 Å². The van der Waals surface area contributed by atoms with Crippen LogP contribution in [0.2, 0.25) is 0 Å². The summed E-state index contributed by atoms with van der Waals surface area (Å²) >= 11 is 1.18. The van der Waals surface area contributed by atoms with Gasteiger partial charge >= 0.3 is 5.97 Å². The molecule has 2 amide bonds. The molecule has 0 heterocycles. The molecule has 2 rings (SSSR count). The molecule has 0 bridgehead atoms. The number of thioether (sulfide) groups is 1. The summed E-state index contributed by atoms with van der Waals surface area (Å²) in [4.78, 5) is 36.7. The number of ether oxygens (including phenoxy) is 2. The van der Waals surface area contributed by atoms with Crippen molar-refractivity contribution >= 4 is 35.2 Å². The van der Waals surface area contributed by atoms with Gasteiger partial charge in [-0.25, -0.2) is 9.18 Å². The summed E-state index contributed by atoms with van der Waals surface area (Å²) in [6.07, 6.45) is 0. The Hall–Kier alpha value is -2.91. The van der Waals surface area contributed by atoms with Gasteiger partial charge in [0.1, 0.15) is 5.82 Å². The van der Waals surface area contributed by atoms with E-state index < -0.39 is 24.3 Å². The molecule has 2 N–H and O–H groups in total. The molecule has 0 atom stereocenters. The summed E-state index contributed by atoms with van der Waals surface area (Å²) in [5.74, 6) is -2.02. The number of methoxy groups -OCH3 is 1. The predicted molar refractivity (Wildman–Crippen MR) is 112 cm³/mol. The first kappa shape index (κ1) is 23.4. The van der Waals surface area contributed by atoms with E-state index in [0.717, 1.165) is 5.56 Å². The van der Waals surface area contributed by atoms with Crippen molar-refractivity contribution in [2.45, 2.75) is 11.8 Å². The van der Waals surface area contributed by atoms with Crippen LogP contribution in [0, 0.1) is 12.7 Å². The third-order valence-corrected chi connectivity index (χ3v) is 4.90. The van der Waals surface area contributed by atoms with Crippen LogP contribution in [0.5, 0.6) is 0 Å². The molecule has 0 aliphatic heterocycles. The number of esters is 1. The molecule has 0 saturated heterocycles. The molecule has 2 aromatic carbocycles. The van der Waals surface area contributed by atoms with E-state index in [1.807, 2.05) is 0 Å². The largest absolute Gasteiger partial charge is 0.452 e. The second-order valence-electron chi connectivity index (χ2n) is 6.24. The number of aryl methyl sites for hydroxylation is 1. The third-order valence-electron chi connectivity index (χ3n) is 3.83. The van der Waals surface area contributed by atoms with Gasteiger partial charge < -0.3 is 20.1 Å². The number of halogens is 1. The van der Waals surface area contributed by atoms with Crippen LogP contribution >= 0.6 is 11.8 Å². The highest BCUT2D eigenvalue weighted by molar-refractivity contribution is 8.00. The van der Waals surface area contributed by atoms with E-state index in [1.165, 1.54) is 23.9 Å². The number of hydrogen-bond donors (Lipinski definition) is 2. The summed E-state index contributed by atoms with van der Waals surface area (Å²) in [6.45, 7) is 1.97. The zero-order valence-electron chi connectivity index (χ0n) is 16.7. The van der Waals surface area contributed by atoms with Crippen LogP contribution in [-0.4, -0.2) is 50.4 Å². The number of nitrogens with one attached hydrogen (secondary N) is 2. The summed E-state index contributed by atoms with van der Waals surface area (Å²) < 4.78 is 23.7. The van der Waals surface area contributed by atoms with Crippen molar-refractivity contribution in [1.29, 1.82) is 0 Å². The number of amides is 2. The van der Waals surface area contributed by atoms with Crippen molar-refractivity contribution in [2.24, 2.45) is 0 Å². The molecule has 0 spiro atoms. The van der Waals surface area contributed by atoms with Crippen molar-refractivity contribution < 1.29 is 28.2 Å². The third kappa shape index (κ3) is 7.49. The van der Waals surface area contributed by atoms with Crippen LogP contribution in [0.4, 0.5) is 10.1 Å². The Balaban J connectivity index is 1.89. The van der Waals surface area contributed by atoms with Crippen molar-refractivity contribution in [3.05, 3.63) is 59.4 Å². The highest BCUT2D eigenvalue weighted by Crippen LogP contribution is 2.23. The van der Waals surface area contributed by atoms with Gasteiger partial charge in [0, 0.05) is 18.6 Å². The van der Waals surface area contributed by atoms with E-state index in [1.54, 1.807) is 44.4 Å². The maximum absolute atomic E-state index is 13.8. The molecule has 0 radical (unpaired) electrons. The lowest BCUT2D eigenvalue weighted by atomic mass is 10.2. The Morgan fingerprint density at radius 1 is 1.10 bits per heavy atom. The number of anilines is 1. The number of rotatable bonds is 10. The second kappa shape index (κ2) is 11.9. The van der Waals surface area contributed by atoms with Crippen LogP contribution in [0.15, 0.2) is 47.4 Å². The Morgan fingerprint density at radius 2 is 1.87 bits per heavy atom. The average Bonchev–Trinajstić information content (AvgIpc) is 2.73. The fraction of sp³-hybridized carbons (Fsp3) is 0.286. The molecular weight excluding hydrogens is 411 g/mol. The van der Waals surface area contributed by atoms with Crippen LogP contribution in [0.1, 0.15) is 15.9 Å². The van der Waals surface area contributed by atoms with Gasteiger partial charge in [-0.1, -0.05) is 18.2 Å². The van der Waals surface area contributed by atoms with Gasteiger partial charge in [0.05, 0.1) is 23.6 Å². The second-order valence-corrected chi connectivity index (χ2v) is 7.25. The van der Waals surface area contributed by atoms with E-state index in [4.69, 9.17) is 9.47 Å². The molecule has 30 heavy (non-hydrogen) atoms. The van der Waals surface area contributed by atoms with Gasteiger partial charge in [0.2, 0.25) is 5.91 Å². The van der Waals surface area contributed by atoms with Crippen molar-refractivity contribution in [3.63, 3.8) is 0 Å². The molecule has 0 aromatic heterocycles. The molecule has 7 nitrogen and oxygen atoms in total. The summed E-state index contributed by atoms with van der Waals surface area (Å²) in [5.41, 5.74) is 0.969. The zero-order valence-corrected chi connectivity index (χ0v) is 17.5. The number of carbonyl (C=O) groups excluding carboxylic acids is 3. The molecule has 0 unspecified atom stereocenters. The van der Waals surface area contributed by atoms with E-state index in [-0.39, 0.29) is 22.9 Å². The molecular formula is C21H23FN2O5S. The minimum absolute atomic E-state index is 0.0112. The molecule has 160 valence electrons. The Morgan fingerprint density at radius 3 is 2.60 bits per heavy atom. The van der Waals surface area contributed by atoms with E-state index >= 15 is 0 Å². The molecule has 0 fully saturated rings. The fourth-order valence-electron chi connectivity index (χ4n) is 2.36. The first-order valence-corrected chi connectivity index (χ1v) is 10.1. The van der Waals surface area contributed by atoms with E-state index in [2.05, 4.69) is 10.6 Å². The number of hydrogen-bond acceptors (Lipinski definition) is 6. The fourth-order valence-corrected chi connectivity index (χ4v) is 3.23. The van der Waals surface area contributed by atoms with Gasteiger partial charge in [-0.2, -0.15) is 0 Å². The molecule has 0 saturated carbocycles. The predicted octanol–water partition coefficient (Wildman–Crippen LogP) is 2.78. The van der Waals surface area contributed by atoms with Gasteiger partial charge in [0.15, 0.2) is 6.61 Å². The zero-order chi connectivity index (χ0) is 21.9. The van der Waals surface area contributed by atoms with Gasteiger partial charge in [-0.3, -0.25) is 9.59 Å². The van der Waals surface area contributed by atoms with Crippen LogP contribution < -0.4 is 10.6 Å². The first-order chi connectivity index (χ1) is 14.4. The lowest BCUT2D eigenvalue weighted by Crippen LogP contribution is -2.28. The lowest BCUT2D eigenvalue weighted by molar-refractivity contribution is -0.119. The van der Waals surface area contributed by atoms with E-state index in [9.17, 15) is 18.8 Å². The van der Waals surface area contributed by atoms with Crippen LogP contribution in [-0.2, 0) is 19.1 Å². The van der Waals surface area contributed by atoms with Crippen molar-refractivity contribution in [3.8, 4) is 0 Å². The molecule has 2 aromatic rings. The Bertz CT molecular complexity index is 907.